The van der Waals surface area contributed by atoms with Gasteiger partial charge < -0.3 is 15.2 Å². The molecule has 2 N–H and O–H groups in total. The molecule has 0 radical (unpaired) electrons. The Balaban J connectivity index is 2.64. The second kappa shape index (κ2) is 4.78. The van der Waals surface area contributed by atoms with Gasteiger partial charge in [-0.2, -0.15) is 0 Å². The molecular weight excluding hydrogens is 214 g/mol. The van der Waals surface area contributed by atoms with Crippen LogP contribution in [0.5, 0.6) is 11.5 Å². The predicted molar refractivity (Wildman–Crippen MR) is 69.4 cm³/mol. The molecule has 0 saturated heterocycles. The van der Waals surface area contributed by atoms with Gasteiger partial charge in [0.25, 0.3) is 0 Å². The lowest BCUT2D eigenvalue weighted by Crippen LogP contribution is -1.93. The van der Waals surface area contributed by atoms with Crippen LogP contribution >= 0.6 is 0 Å². The molecule has 0 fully saturated rings. The van der Waals surface area contributed by atoms with E-state index < -0.39 is 0 Å². The largest absolute Gasteiger partial charge is 0.496 e. The first-order valence-electron chi connectivity index (χ1n) is 5.33. The Labute approximate surface area is 101 Å². The highest BCUT2D eigenvalue weighted by Gasteiger charge is 2.11. The maximum atomic E-state index is 5.80. The van der Waals surface area contributed by atoms with Gasteiger partial charge in [0.1, 0.15) is 11.5 Å². The van der Waals surface area contributed by atoms with Gasteiger partial charge in [0, 0.05) is 5.69 Å². The molecule has 17 heavy (non-hydrogen) atoms. The third-order valence-corrected chi connectivity index (χ3v) is 2.60. The Morgan fingerprint density at radius 2 is 1.47 bits per heavy atom. The van der Waals surface area contributed by atoms with Crippen molar-refractivity contribution in [2.45, 2.75) is 0 Å². The second-order valence-corrected chi connectivity index (χ2v) is 3.66. The third kappa shape index (κ3) is 2.18. The molecule has 0 amide bonds. The zero-order valence-electron chi connectivity index (χ0n) is 9.94. The van der Waals surface area contributed by atoms with Crippen LogP contribution in [0.2, 0.25) is 0 Å². The van der Waals surface area contributed by atoms with Crippen LogP contribution in [0.4, 0.5) is 5.69 Å². The van der Waals surface area contributed by atoms with Crippen LogP contribution in [0.3, 0.4) is 0 Å². The maximum Gasteiger partial charge on any atom is 0.130 e. The fourth-order valence-electron chi connectivity index (χ4n) is 1.83. The number of hydrogen-bond acceptors (Lipinski definition) is 3. The van der Waals surface area contributed by atoms with Crippen molar-refractivity contribution < 1.29 is 9.47 Å². The fourth-order valence-corrected chi connectivity index (χ4v) is 1.83. The number of rotatable bonds is 3. The highest BCUT2D eigenvalue weighted by molar-refractivity contribution is 5.78. The summed E-state index contributed by atoms with van der Waals surface area (Å²) < 4.78 is 10.7. The van der Waals surface area contributed by atoms with Crippen LogP contribution in [-0.4, -0.2) is 14.2 Å². The summed E-state index contributed by atoms with van der Waals surface area (Å²) in [6.07, 6.45) is 0. The summed E-state index contributed by atoms with van der Waals surface area (Å²) in [4.78, 5) is 0. The van der Waals surface area contributed by atoms with Gasteiger partial charge >= 0.3 is 0 Å². The number of nitrogen functional groups attached to an aromatic ring is 1. The van der Waals surface area contributed by atoms with Gasteiger partial charge in [0.05, 0.1) is 19.8 Å². The lowest BCUT2D eigenvalue weighted by Gasteiger charge is -2.13. The Morgan fingerprint density at radius 3 is 2.00 bits per heavy atom. The third-order valence-electron chi connectivity index (χ3n) is 2.60. The second-order valence-electron chi connectivity index (χ2n) is 3.66. The molecule has 0 spiro atoms. The van der Waals surface area contributed by atoms with Crippen LogP contribution in [0, 0.1) is 0 Å². The average Bonchev–Trinajstić information content (AvgIpc) is 2.37. The maximum absolute atomic E-state index is 5.80. The molecule has 2 rings (SSSR count). The van der Waals surface area contributed by atoms with Crippen molar-refractivity contribution in [1.82, 2.24) is 0 Å². The SMILES string of the molecule is COc1cccc(OC)c1-c1cccc(N)c1. The molecule has 2 aromatic rings. The summed E-state index contributed by atoms with van der Waals surface area (Å²) in [5, 5.41) is 0. The van der Waals surface area contributed by atoms with Crippen molar-refractivity contribution in [2.75, 3.05) is 20.0 Å². The van der Waals surface area contributed by atoms with Crippen molar-refractivity contribution in [3.63, 3.8) is 0 Å². The van der Waals surface area contributed by atoms with E-state index in [1.807, 2.05) is 42.5 Å². The lowest BCUT2D eigenvalue weighted by atomic mass is 10.0. The molecule has 2 aromatic carbocycles. The quantitative estimate of drug-likeness (QED) is 0.823. The van der Waals surface area contributed by atoms with E-state index in [0.29, 0.717) is 0 Å². The molecular formula is C14H15NO2. The molecule has 0 aliphatic rings. The molecule has 0 heterocycles. The van der Waals surface area contributed by atoms with E-state index in [1.54, 1.807) is 14.2 Å². The molecule has 3 nitrogen and oxygen atoms in total. The summed E-state index contributed by atoms with van der Waals surface area (Å²) in [6.45, 7) is 0. The van der Waals surface area contributed by atoms with Gasteiger partial charge in [-0.25, -0.2) is 0 Å². The minimum Gasteiger partial charge on any atom is -0.496 e. The molecule has 0 bridgehead atoms. The van der Waals surface area contributed by atoms with Crippen LogP contribution < -0.4 is 15.2 Å². The molecule has 3 heteroatoms. The summed E-state index contributed by atoms with van der Waals surface area (Å²) in [5.74, 6) is 1.55. The Kier molecular flexibility index (Phi) is 3.19. The van der Waals surface area contributed by atoms with E-state index in [9.17, 15) is 0 Å². The average molecular weight is 229 g/mol. The fraction of sp³-hybridized carbons (Fsp3) is 0.143. The van der Waals surface area contributed by atoms with Crippen molar-refractivity contribution in [3.8, 4) is 22.6 Å². The van der Waals surface area contributed by atoms with Crippen LogP contribution in [0.15, 0.2) is 42.5 Å². The minimum atomic E-state index is 0.718. The monoisotopic (exact) mass is 229 g/mol. The zero-order valence-corrected chi connectivity index (χ0v) is 9.94. The van der Waals surface area contributed by atoms with Gasteiger partial charge in [0.15, 0.2) is 0 Å². The van der Waals surface area contributed by atoms with Crippen molar-refractivity contribution >= 4 is 5.69 Å². The Hall–Kier alpha value is -2.16. The number of anilines is 1. The highest BCUT2D eigenvalue weighted by Crippen LogP contribution is 2.38. The smallest absolute Gasteiger partial charge is 0.130 e. The Bertz CT molecular complexity index is 501. The Morgan fingerprint density at radius 1 is 0.882 bits per heavy atom. The van der Waals surface area contributed by atoms with Gasteiger partial charge in [-0.3, -0.25) is 0 Å². The lowest BCUT2D eigenvalue weighted by molar-refractivity contribution is 0.397. The zero-order chi connectivity index (χ0) is 12.3. The first kappa shape index (κ1) is 11.3. The summed E-state index contributed by atoms with van der Waals surface area (Å²) in [6, 6.07) is 13.4. The van der Waals surface area contributed by atoms with E-state index >= 15 is 0 Å². The van der Waals surface area contributed by atoms with Crippen molar-refractivity contribution in [1.29, 1.82) is 0 Å². The van der Waals surface area contributed by atoms with E-state index in [2.05, 4.69) is 0 Å². The van der Waals surface area contributed by atoms with Crippen LogP contribution in [0.25, 0.3) is 11.1 Å². The molecule has 88 valence electrons. The summed E-state index contributed by atoms with van der Waals surface area (Å²) >= 11 is 0. The van der Waals surface area contributed by atoms with Gasteiger partial charge in [0.2, 0.25) is 0 Å². The molecule has 0 unspecified atom stereocenters. The van der Waals surface area contributed by atoms with E-state index in [0.717, 1.165) is 28.3 Å². The van der Waals surface area contributed by atoms with Gasteiger partial charge in [-0.05, 0) is 29.8 Å². The highest BCUT2D eigenvalue weighted by atomic mass is 16.5. The number of nitrogens with two attached hydrogens (primary N) is 1. The topological polar surface area (TPSA) is 44.5 Å². The van der Waals surface area contributed by atoms with E-state index in [-0.39, 0.29) is 0 Å². The number of benzene rings is 2. The molecule has 0 aromatic heterocycles. The number of ether oxygens (including phenoxy) is 2. The minimum absolute atomic E-state index is 0.718. The van der Waals surface area contributed by atoms with Crippen LogP contribution in [0.1, 0.15) is 0 Å². The molecule has 0 atom stereocenters. The normalized spacial score (nSPS) is 10.0. The van der Waals surface area contributed by atoms with E-state index in [1.165, 1.54) is 0 Å². The van der Waals surface area contributed by atoms with Gasteiger partial charge in [-0.15, -0.1) is 0 Å². The van der Waals surface area contributed by atoms with E-state index in [4.69, 9.17) is 15.2 Å². The number of methoxy groups -OCH3 is 2. The summed E-state index contributed by atoms with van der Waals surface area (Å²) in [5.41, 5.74) is 8.42. The molecule has 0 aliphatic carbocycles. The van der Waals surface area contributed by atoms with Crippen LogP contribution in [-0.2, 0) is 0 Å². The summed E-state index contributed by atoms with van der Waals surface area (Å²) in [7, 11) is 3.29. The standard InChI is InChI=1S/C14H15NO2/c1-16-12-7-4-8-13(17-2)14(12)10-5-3-6-11(15)9-10/h3-9H,15H2,1-2H3. The molecule has 0 saturated carbocycles. The van der Waals surface area contributed by atoms with Crippen molar-refractivity contribution in [2.24, 2.45) is 0 Å². The molecule has 0 aliphatic heterocycles. The van der Waals surface area contributed by atoms with Gasteiger partial charge in [-0.1, -0.05) is 18.2 Å². The number of hydrogen-bond donors (Lipinski definition) is 1. The van der Waals surface area contributed by atoms with Crippen molar-refractivity contribution in [3.05, 3.63) is 42.5 Å². The predicted octanol–water partition coefficient (Wildman–Crippen LogP) is 2.95. The first-order valence-corrected chi connectivity index (χ1v) is 5.33. The first-order chi connectivity index (χ1) is 8.26.